The summed E-state index contributed by atoms with van der Waals surface area (Å²) in [6, 6.07) is 0. The first kappa shape index (κ1) is 13.1. The molecule has 1 atom stereocenters. The maximum atomic E-state index is 12.5. The second-order valence-electron chi connectivity index (χ2n) is 4.08. The summed E-state index contributed by atoms with van der Waals surface area (Å²) in [5.74, 6) is -0.529. The Morgan fingerprint density at radius 3 is 2.60 bits per heavy atom. The molecule has 0 aromatic rings. The van der Waals surface area contributed by atoms with Crippen molar-refractivity contribution in [2.24, 2.45) is 5.92 Å². The molecule has 90 valence electrons. The normalized spacial score (nSPS) is 24.4. The number of hydrogen-bond acceptors (Lipinski definition) is 1. The molecule has 0 amide bonds. The van der Waals surface area contributed by atoms with E-state index in [0.717, 1.165) is 25.9 Å². The second-order valence-corrected chi connectivity index (χ2v) is 4.46. The second kappa shape index (κ2) is 5.94. The minimum atomic E-state index is -4.02. The molecule has 1 fully saturated rings. The van der Waals surface area contributed by atoms with Crippen LogP contribution in [0.2, 0.25) is 0 Å². The van der Waals surface area contributed by atoms with E-state index in [-0.39, 0.29) is 13.0 Å². The van der Waals surface area contributed by atoms with E-state index in [0.29, 0.717) is 12.3 Å². The fraction of sp³-hybridized carbons (Fsp3) is 1.00. The van der Waals surface area contributed by atoms with Crippen molar-refractivity contribution in [1.82, 2.24) is 4.90 Å². The van der Waals surface area contributed by atoms with Crippen LogP contribution < -0.4 is 0 Å². The highest BCUT2D eigenvalue weighted by atomic mass is 35.5. The van der Waals surface area contributed by atoms with Crippen molar-refractivity contribution in [2.75, 3.05) is 25.5 Å². The summed E-state index contributed by atoms with van der Waals surface area (Å²) >= 11 is 5.52. The van der Waals surface area contributed by atoms with Gasteiger partial charge in [0.1, 0.15) is 0 Å². The molecule has 1 rings (SSSR count). The number of halogens is 4. The molecule has 1 nitrogen and oxygen atoms in total. The molecule has 5 heteroatoms. The number of hydrogen-bond donors (Lipinski definition) is 0. The fourth-order valence-electron chi connectivity index (χ4n) is 1.96. The van der Waals surface area contributed by atoms with Crippen LogP contribution in [0, 0.1) is 5.92 Å². The molecule has 0 aromatic carbocycles. The Hall–Kier alpha value is 0.0400. The molecule has 0 saturated carbocycles. The third-order valence-corrected chi connectivity index (χ3v) is 3.09. The standard InChI is InChI=1S/C10H17ClF3N/c11-5-1-2-6-15-7-3-4-9(8-15)10(12,13)14/h9H,1-8H2. The molecule has 1 aliphatic heterocycles. The van der Waals surface area contributed by atoms with Crippen molar-refractivity contribution in [3.05, 3.63) is 0 Å². The van der Waals surface area contributed by atoms with E-state index >= 15 is 0 Å². The summed E-state index contributed by atoms with van der Waals surface area (Å²) in [5.41, 5.74) is 0. The lowest BCUT2D eigenvalue weighted by molar-refractivity contribution is -0.186. The van der Waals surface area contributed by atoms with Crippen molar-refractivity contribution in [3.63, 3.8) is 0 Å². The number of nitrogens with zero attached hydrogens (tertiary/aromatic N) is 1. The van der Waals surface area contributed by atoms with E-state index in [9.17, 15) is 13.2 Å². The zero-order valence-electron chi connectivity index (χ0n) is 8.69. The zero-order valence-corrected chi connectivity index (χ0v) is 9.45. The maximum absolute atomic E-state index is 12.5. The van der Waals surface area contributed by atoms with Gasteiger partial charge in [-0.2, -0.15) is 13.2 Å². The van der Waals surface area contributed by atoms with Gasteiger partial charge in [0.05, 0.1) is 5.92 Å². The van der Waals surface area contributed by atoms with Crippen molar-refractivity contribution in [2.45, 2.75) is 31.9 Å². The van der Waals surface area contributed by atoms with E-state index < -0.39 is 12.1 Å². The van der Waals surface area contributed by atoms with E-state index in [2.05, 4.69) is 0 Å². The minimum absolute atomic E-state index is 0.172. The van der Waals surface area contributed by atoms with E-state index in [1.165, 1.54) is 0 Å². The monoisotopic (exact) mass is 243 g/mol. The van der Waals surface area contributed by atoms with Crippen LogP contribution in [-0.2, 0) is 0 Å². The summed E-state index contributed by atoms with van der Waals surface area (Å²) < 4.78 is 37.4. The zero-order chi connectivity index (χ0) is 11.3. The van der Waals surface area contributed by atoms with Gasteiger partial charge in [0.2, 0.25) is 0 Å². The molecule has 1 unspecified atom stereocenters. The molecule has 1 aliphatic rings. The Labute approximate surface area is 93.6 Å². The van der Waals surface area contributed by atoms with Crippen molar-refractivity contribution < 1.29 is 13.2 Å². The lowest BCUT2D eigenvalue weighted by atomic mass is 9.97. The molecule has 0 radical (unpaired) electrons. The quantitative estimate of drug-likeness (QED) is 0.541. The van der Waals surface area contributed by atoms with Gasteiger partial charge in [-0.25, -0.2) is 0 Å². The molecular weight excluding hydrogens is 227 g/mol. The highest BCUT2D eigenvalue weighted by molar-refractivity contribution is 6.17. The summed E-state index contributed by atoms with van der Waals surface area (Å²) in [4.78, 5) is 1.91. The third kappa shape index (κ3) is 4.60. The van der Waals surface area contributed by atoms with Crippen LogP contribution in [0.1, 0.15) is 25.7 Å². The number of alkyl halides is 4. The lowest BCUT2D eigenvalue weighted by Gasteiger charge is -2.33. The van der Waals surface area contributed by atoms with Gasteiger partial charge in [0, 0.05) is 12.4 Å². The highest BCUT2D eigenvalue weighted by Gasteiger charge is 2.41. The lowest BCUT2D eigenvalue weighted by Crippen LogP contribution is -2.42. The third-order valence-electron chi connectivity index (χ3n) is 2.83. The van der Waals surface area contributed by atoms with Gasteiger partial charge >= 0.3 is 6.18 Å². The van der Waals surface area contributed by atoms with Crippen molar-refractivity contribution in [1.29, 1.82) is 0 Å². The Balaban J connectivity index is 2.29. The van der Waals surface area contributed by atoms with Crippen LogP contribution in [0.15, 0.2) is 0 Å². The van der Waals surface area contributed by atoms with Crippen LogP contribution in [0.4, 0.5) is 13.2 Å². The largest absolute Gasteiger partial charge is 0.393 e. The minimum Gasteiger partial charge on any atom is -0.303 e. The number of likely N-dealkylation sites (tertiary alicyclic amines) is 1. The summed E-state index contributed by atoms with van der Waals surface area (Å²) in [7, 11) is 0. The van der Waals surface area contributed by atoms with Gasteiger partial charge in [-0.15, -0.1) is 11.6 Å². The van der Waals surface area contributed by atoms with Gasteiger partial charge in [-0.3, -0.25) is 0 Å². The number of unbranched alkanes of at least 4 members (excludes halogenated alkanes) is 1. The molecule has 1 heterocycles. The molecule has 1 saturated heterocycles. The highest BCUT2D eigenvalue weighted by Crippen LogP contribution is 2.33. The smallest absolute Gasteiger partial charge is 0.303 e. The Morgan fingerprint density at radius 2 is 2.00 bits per heavy atom. The predicted octanol–water partition coefficient (Wildman–Crippen LogP) is 3.28. The molecule has 0 aliphatic carbocycles. The van der Waals surface area contributed by atoms with E-state index in [1.807, 2.05) is 4.90 Å². The molecule has 0 N–H and O–H groups in total. The summed E-state index contributed by atoms with van der Waals surface area (Å²) in [5, 5.41) is 0. The number of piperidine rings is 1. The Kier molecular flexibility index (Phi) is 5.19. The first-order valence-corrected chi connectivity index (χ1v) is 5.92. The van der Waals surface area contributed by atoms with Crippen LogP contribution in [-0.4, -0.2) is 36.6 Å². The van der Waals surface area contributed by atoms with Crippen molar-refractivity contribution in [3.8, 4) is 0 Å². The molecular formula is C10H17ClF3N. The molecule has 0 aromatic heterocycles. The van der Waals surface area contributed by atoms with Crippen LogP contribution in [0.3, 0.4) is 0 Å². The van der Waals surface area contributed by atoms with Crippen molar-refractivity contribution >= 4 is 11.6 Å². The summed E-state index contributed by atoms with van der Waals surface area (Å²) in [6.07, 6.45) is -1.30. The van der Waals surface area contributed by atoms with Crippen LogP contribution in [0.25, 0.3) is 0 Å². The predicted molar refractivity (Wildman–Crippen MR) is 55.2 cm³/mol. The SMILES string of the molecule is FC(F)(F)C1CCCN(CCCCCl)C1. The van der Waals surface area contributed by atoms with Gasteiger partial charge in [0.15, 0.2) is 0 Å². The van der Waals surface area contributed by atoms with Gasteiger partial charge in [-0.05, 0) is 38.8 Å². The maximum Gasteiger partial charge on any atom is 0.393 e. The Morgan fingerprint density at radius 1 is 1.27 bits per heavy atom. The fourth-order valence-corrected chi connectivity index (χ4v) is 2.14. The Bertz CT molecular complexity index is 184. The van der Waals surface area contributed by atoms with E-state index in [4.69, 9.17) is 11.6 Å². The average molecular weight is 244 g/mol. The molecule has 15 heavy (non-hydrogen) atoms. The topological polar surface area (TPSA) is 3.24 Å². The van der Waals surface area contributed by atoms with Gasteiger partial charge in [-0.1, -0.05) is 0 Å². The van der Waals surface area contributed by atoms with Crippen LogP contribution >= 0.6 is 11.6 Å². The molecule has 0 bridgehead atoms. The first-order valence-electron chi connectivity index (χ1n) is 5.39. The van der Waals surface area contributed by atoms with Crippen LogP contribution in [0.5, 0.6) is 0 Å². The summed E-state index contributed by atoms with van der Waals surface area (Å²) in [6.45, 7) is 1.72. The number of rotatable bonds is 4. The van der Waals surface area contributed by atoms with E-state index in [1.54, 1.807) is 0 Å². The average Bonchev–Trinajstić information content (AvgIpc) is 2.17. The van der Waals surface area contributed by atoms with Gasteiger partial charge in [0.25, 0.3) is 0 Å². The molecule has 0 spiro atoms. The first-order chi connectivity index (χ1) is 7.04. The van der Waals surface area contributed by atoms with Gasteiger partial charge < -0.3 is 4.90 Å².